The van der Waals surface area contributed by atoms with Gasteiger partial charge in [0.1, 0.15) is 11.5 Å². The van der Waals surface area contributed by atoms with Crippen LogP contribution >= 0.6 is 0 Å². The van der Waals surface area contributed by atoms with Gasteiger partial charge in [-0.15, -0.1) is 0 Å². The molecule has 0 saturated carbocycles. The summed E-state index contributed by atoms with van der Waals surface area (Å²) >= 11 is 0. The van der Waals surface area contributed by atoms with Gasteiger partial charge in [0.2, 0.25) is 0 Å². The van der Waals surface area contributed by atoms with Crippen LogP contribution in [0, 0.1) is 20.8 Å². The maximum Gasteiger partial charge on any atom is 0.257 e. The number of hydrogen-bond donors (Lipinski definition) is 1. The van der Waals surface area contributed by atoms with Gasteiger partial charge in [0.25, 0.3) is 5.91 Å². The van der Waals surface area contributed by atoms with Gasteiger partial charge in [-0.05, 0) is 33.6 Å². The van der Waals surface area contributed by atoms with Crippen molar-refractivity contribution in [2.45, 2.75) is 39.7 Å². The number of hydrogen-bond acceptors (Lipinski definition) is 4. The minimum atomic E-state index is 0.0779. The predicted molar refractivity (Wildman–Crippen MR) is 76.9 cm³/mol. The molecule has 1 saturated heterocycles. The lowest BCUT2D eigenvalue weighted by atomic mass is 10.0. The highest BCUT2D eigenvalue weighted by atomic mass is 16.5. The maximum atomic E-state index is 12.6. The molecule has 0 atom stereocenters. The van der Waals surface area contributed by atoms with Gasteiger partial charge in [-0.2, -0.15) is 0 Å². The number of carbonyl (C=O) groups excluding carboxylic acids is 1. The van der Waals surface area contributed by atoms with E-state index >= 15 is 0 Å². The molecule has 2 N–H and O–H groups in total. The Balaban J connectivity index is 1.98. The molecule has 1 aliphatic rings. The Bertz CT molecular complexity index is 474. The first-order valence-corrected chi connectivity index (χ1v) is 7.22. The number of amides is 1. The van der Waals surface area contributed by atoms with E-state index in [4.69, 9.17) is 14.9 Å². The third-order valence-electron chi connectivity index (χ3n) is 3.98. The standard InChI is InChI=1S/C15H24N2O3/c1-10-11(2)20-12(3)14(10)15(18)17-7-4-13(5-8-17)19-9-6-16/h13H,4-9,16H2,1-3H3. The van der Waals surface area contributed by atoms with Crippen molar-refractivity contribution in [1.82, 2.24) is 4.90 Å². The highest BCUT2D eigenvalue weighted by molar-refractivity contribution is 5.96. The second-order valence-electron chi connectivity index (χ2n) is 5.37. The first kappa shape index (κ1) is 15.1. The van der Waals surface area contributed by atoms with E-state index in [1.807, 2.05) is 25.7 Å². The summed E-state index contributed by atoms with van der Waals surface area (Å²) in [6, 6.07) is 0. The monoisotopic (exact) mass is 280 g/mol. The fourth-order valence-corrected chi connectivity index (χ4v) is 2.73. The third kappa shape index (κ3) is 3.04. The summed E-state index contributed by atoms with van der Waals surface area (Å²) in [7, 11) is 0. The number of furan rings is 1. The Morgan fingerprint density at radius 3 is 2.45 bits per heavy atom. The number of piperidine rings is 1. The lowest BCUT2D eigenvalue weighted by Gasteiger charge is -2.32. The number of nitrogens with zero attached hydrogens (tertiary/aromatic N) is 1. The van der Waals surface area contributed by atoms with E-state index in [0.29, 0.717) is 18.9 Å². The molecule has 5 heteroatoms. The average Bonchev–Trinajstić information content (AvgIpc) is 2.70. The molecule has 1 aromatic rings. The molecule has 20 heavy (non-hydrogen) atoms. The van der Waals surface area contributed by atoms with Crippen molar-refractivity contribution < 1.29 is 13.9 Å². The van der Waals surface area contributed by atoms with Gasteiger partial charge < -0.3 is 19.8 Å². The first-order chi connectivity index (χ1) is 9.54. The second-order valence-corrected chi connectivity index (χ2v) is 5.37. The van der Waals surface area contributed by atoms with Crippen molar-refractivity contribution >= 4 is 5.91 Å². The predicted octanol–water partition coefficient (Wildman–Crippen LogP) is 1.78. The molecule has 2 rings (SSSR count). The summed E-state index contributed by atoms with van der Waals surface area (Å²) in [5.74, 6) is 1.62. The second kappa shape index (κ2) is 6.41. The van der Waals surface area contributed by atoms with Crippen LogP contribution in [-0.2, 0) is 4.74 Å². The van der Waals surface area contributed by atoms with E-state index in [2.05, 4.69) is 0 Å². The van der Waals surface area contributed by atoms with Gasteiger partial charge in [0.15, 0.2) is 0 Å². The molecule has 0 bridgehead atoms. The summed E-state index contributed by atoms with van der Waals surface area (Å²) < 4.78 is 11.2. The molecule has 5 nitrogen and oxygen atoms in total. The molecule has 0 spiro atoms. The summed E-state index contributed by atoms with van der Waals surface area (Å²) in [4.78, 5) is 14.5. The lowest BCUT2D eigenvalue weighted by molar-refractivity contribution is 0.0121. The summed E-state index contributed by atoms with van der Waals surface area (Å²) in [5, 5.41) is 0. The number of aryl methyl sites for hydroxylation is 2. The minimum Gasteiger partial charge on any atom is -0.466 e. The van der Waals surface area contributed by atoms with Gasteiger partial charge in [-0.25, -0.2) is 0 Å². The smallest absolute Gasteiger partial charge is 0.257 e. The molecule has 2 heterocycles. The number of rotatable bonds is 4. The lowest BCUT2D eigenvalue weighted by Crippen LogP contribution is -2.41. The number of ether oxygens (including phenoxy) is 1. The van der Waals surface area contributed by atoms with E-state index in [0.717, 1.165) is 42.8 Å². The Hall–Kier alpha value is -1.33. The van der Waals surface area contributed by atoms with E-state index in [9.17, 15) is 4.79 Å². The van der Waals surface area contributed by atoms with E-state index < -0.39 is 0 Å². The minimum absolute atomic E-state index is 0.0779. The van der Waals surface area contributed by atoms with Crippen LogP contribution in [-0.4, -0.2) is 43.2 Å². The summed E-state index contributed by atoms with van der Waals surface area (Å²) in [6.45, 7) is 8.30. The van der Waals surface area contributed by atoms with E-state index in [1.54, 1.807) is 0 Å². The van der Waals surface area contributed by atoms with Gasteiger partial charge in [0.05, 0.1) is 18.3 Å². The molecule has 0 unspecified atom stereocenters. The topological polar surface area (TPSA) is 68.7 Å². The quantitative estimate of drug-likeness (QED) is 0.913. The van der Waals surface area contributed by atoms with Crippen molar-refractivity contribution in [1.29, 1.82) is 0 Å². The Kier molecular flexibility index (Phi) is 4.83. The largest absolute Gasteiger partial charge is 0.466 e. The van der Waals surface area contributed by atoms with Crippen molar-refractivity contribution in [3.63, 3.8) is 0 Å². The molecule has 1 aromatic heterocycles. The van der Waals surface area contributed by atoms with Crippen LogP contribution in [0.5, 0.6) is 0 Å². The van der Waals surface area contributed by atoms with Crippen LogP contribution < -0.4 is 5.73 Å². The number of likely N-dealkylation sites (tertiary alicyclic amines) is 1. The molecule has 1 fully saturated rings. The fraction of sp³-hybridized carbons (Fsp3) is 0.667. The summed E-state index contributed by atoms with van der Waals surface area (Å²) in [6.07, 6.45) is 1.98. The molecule has 1 aliphatic heterocycles. The van der Waals surface area contributed by atoms with Crippen LogP contribution in [0.25, 0.3) is 0 Å². The Morgan fingerprint density at radius 2 is 1.95 bits per heavy atom. The molecular weight excluding hydrogens is 256 g/mol. The van der Waals surface area contributed by atoms with Crippen molar-refractivity contribution in [3.05, 3.63) is 22.6 Å². The van der Waals surface area contributed by atoms with Crippen LogP contribution in [0.3, 0.4) is 0 Å². The third-order valence-corrected chi connectivity index (χ3v) is 3.98. The number of carbonyl (C=O) groups is 1. The molecule has 1 amide bonds. The zero-order valence-electron chi connectivity index (χ0n) is 12.6. The SMILES string of the molecule is Cc1oc(C)c(C(=O)N2CCC(OCCN)CC2)c1C. The van der Waals surface area contributed by atoms with E-state index in [1.165, 1.54) is 0 Å². The Labute approximate surface area is 120 Å². The fourth-order valence-electron chi connectivity index (χ4n) is 2.73. The van der Waals surface area contributed by atoms with Crippen LogP contribution in [0.15, 0.2) is 4.42 Å². The highest BCUT2D eigenvalue weighted by Gasteiger charge is 2.27. The van der Waals surface area contributed by atoms with Gasteiger partial charge >= 0.3 is 0 Å². The Morgan fingerprint density at radius 1 is 1.30 bits per heavy atom. The summed E-state index contributed by atoms with van der Waals surface area (Å²) in [5.41, 5.74) is 7.11. The molecule has 112 valence electrons. The van der Waals surface area contributed by atoms with Crippen LogP contribution in [0.4, 0.5) is 0 Å². The molecular formula is C15H24N2O3. The first-order valence-electron chi connectivity index (χ1n) is 7.22. The zero-order valence-corrected chi connectivity index (χ0v) is 12.6. The number of nitrogens with two attached hydrogens (primary N) is 1. The van der Waals surface area contributed by atoms with Gasteiger partial charge in [0, 0.05) is 25.2 Å². The zero-order chi connectivity index (χ0) is 14.7. The van der Waals surface area contributed by atoms with Gasteiger partial charge in [-0.1, -0.05) is 0 Å². The molecule has 0 aromatic carbocycles. The van der Waals surface area contributed by atoms with Crippen molar-refractivity contribution in [2.75, 3.05) is 26.2 Å². The van der Waals surface area contributed by atoms with E-state index in [-0.39, 0.29) is 12.0 Å². The van der Waals surface area contributed by atoms with Crippen LogP contribution in [0.2, 0.25) is 0 Å². The van der Waals surface area contributed by atoms with Crippen molar-refractivity contribution in [3.8, 4) is 0 Å². The maximum absolute atomic E-state index is 12.6. The normalized spacial score (nSPS) is 16.7. The molecule has 0 aliphatic carbocycles. The molecule has 0 radical (unpaired) electrons. The van der Waals surface area contributed by atoms with Crippen molar-refractivity contribution in [2.24, 2.45) is 5.73 Å². The van der Waals surface area contributed by atoms with Crippen LogP contribution in [0.1, 0.15) is 40.3 Å². The highest BCUT2D eigenvalue weighted by Crippen LogP contribution is 2.24. The van der Waals surface area contributed by atoms with Gasteiger partial charge in [-0.3, -0.25) is 4.79 Å². The average molecular weight is 280 g/mol.